The Hall–Kier alpha value is -0.810. The Kier molecular flexibility index (Phi) is 8.51. The maximum absolute atomic E-state index is 12.0. The number of rotatable bonds is 3. The van der Waals surface area contributed by atoms with Crippen LogP contribution in [0.15, 0.2) is 30.3 Å². The molecule has 0 radical (unpaired) electrons. The number of halogens is 2. The lowest BCUT2D eigenvalue weighted by molar-refractivity contribution is -0.137. The molecule has 0 unspecified atom stereocenters. The minimum atomic E-state index is 0. The smallest absolute Gasteiger partial charge is 0.236 e. The van der Waals surface area contributed by atoms with Gasteiger partial charge in [-0.3, -0.25) is 9.69 Å². The molecular weight excluding hydrogens is 345 g/mol. The number of hydrogen-bond acceptors (Lipinski definition) is 3. The molecule has 1 aliphatic carbocycles. The lowest BCUT2D eigenvalue weighted by atomic mass is 9.78. The quantitative estimate of drug-likeness (QED) is 0.885. The van der Waals surface area contributed by atoms with Crippen molar-refractivity contribution in [3.05, 3.63) is 35.9 Å². The average molecular weight is 374 g/mol. The molecule has 2 fully saturated rings. The van der Waals surface area contributed by atoms with Gasteiger partial charge in [-0.1, -0.05) is 49.6 Å². The number of carbonyl (C=O) groups excluding carboxylic acids is 1. The van der Waals surface area contributed by atoms with Crippen molar-refractivity contribution < 1.29 is 4.79 Å². The number of nitrogens with zero attached hydrogens (tertiary/aromatic N) is 2. The van der Waals surface area contributed by atoms with E-state index in [4.69, 9.17) is 5.73 Å². The number of nitrogens with two attached hydrogens (primary N) is 1. The Morgan fingerprint density at radius 2 is 1.71 bits per heavy atom. The van der Waals surface area contributed by atoms with E-state index in [-0.39, 0.29) is 42.8 Å². The fourth-order valence-electron chi connectivity index (χ4n) is 4.09. The van der Waals surface area contributed by atoms with E-state index in [1.807, 2.05) is 4.90 Å². The van der Waals surface area contributed by atoms with E-state index in [2.05, 4.69) is 35.2 Å². The SMILES string of the molecule is Cl.Cl.NCC(=O)N1CCN(Cc2ccccc2)C2(CCCCC2)C1. The molecule has 0 bridgehead atoms. The molecule has 1 saturated heterocycles. The minimum absolute atomic E-state index is 0. The summed E-state index contributed by atoms with van der Waals surface area (Å²) in [5.74, 6) is 0.101. The van der Waals surface area contributed by atoms with Crippen molar-refractivity contribution in [2.75, 3.05) is 26.2 Å². The molecule has 1 aromatic rings. The Morgan fingerprint density at radius 3 is 2.33 bits per heavy atom. The van der Waals surface area contributed by atoms with Gasteiger partial charge in [-0.25, -0.2) is 0 Å². The van der Waals surface area contributed by atoms with Crippen molar-refractivity contribution >= 4 is 30.7 Å². The molecule has 4 nitrogen and oxygen atoms in total. The molecule has 2 aliphatic rings. The van der Waals surface area contributed by atoms with Crippen LogP contribution < -0.4 is 5.73 Å². The zero-order chi connectivity index (χ0) is 15.4. The van der Waals surface area contributed by atoms with Gasteiger partial charge in [-0.05, 0) is 18.4 Å². The summed E-state index contributed by atoms with van der Waals surface area (Å²) in [6.07, 6.45) is 6.28. The molecule has 1 aromatic carbocycles. The number of benzene rings is 1. The summed E-state index contributed by atoms with van der Waals surface area (Å²) in [6.45, 7) is 3.75. The lowest BCUT2D eigenvalue weighted by Crippen LogP contribution is -2.64. The van der Waals surface area contributed by atoms with Gasteiger partial charge in [0.15, 0.2) is 0 Å². The summed E-state index contributed by atoms with van der Waals surface area (Å²) in [7, 11) is 0. The summed E-state index contributed by atoms with van der Waals surface area (Å²) < 4.78 is 0. The van der Waals surface area contributed by atoms with Crippen LogP contribution in [-0.2, 0) is 11.3 Å². The van der Waals surface area contributed by atoms with E-state index in [1.54, 1.807) is 0 Å². The van der Waals surface area contributed by atoms with E-state index in [0.29, 0.717) is 0 Å². The molecule has 0 aromatic heterocycles. The molecule has 2 N–H and O–H groups in total. The monoisotopic (exact) mass is 373 g/mol. The maximum Gasteiger partial charge on any atom is 0.236 e. The fraction of sp³-hybridized carbons (Fsp3) is 0.611. The normalized spacial score (nSPS) is 20.1. The maximum atomic E-state index is 12.0. The van der Waals surface area contributed by atoms with Gasteiger partial charge in [0.1, 0.15) is 0 Å². The third-order valence-corrected chi connectivity index (χ3v) is 5.32. The minimum Gasteiger partial charge on any atom is -0.338 e. The van der Waals surface area contributed by atoms with Crippen LogP contribution in [0.1, 0.15) is 37.7 Å². The van der Waals surface area contributed by atoms with E-state index in [9.17, 15) is 4.79 Å². The van der Waals surface area contributed by atoms with Crippen LogP contribution in [-0.4, -0.2) is 47.4 Å². The Morgan fingerprint density at radius 1 is 1.04 bits per heavy atom. The first-order valence-electron chi connectivity index (χ1n) is 8.50. The van der Waals surface area contributed by atoms with Gasteiger partial charge in [0.2, 0.25) is 5.91 Å². The molecule has 1 spiro atoms. The molecule has 24 heavy (non-hydrogen) atoms. The first kappa shape index (κ1) is 21.2. The largest absolute Gasteiger partial charge is 0.338 e. The van der Waals surface area contributed by atoms with Crippen LogP contribution in [0.2, 0.25) is 0 Å². The summed E-state index contributed by atoms with van der Waals surface area (Å²) in [5.41, 5.74) is 7.10. The topological polar surface area (TPSA) is 49.6 Å². The van der Waals surface area contributed by atoms with E-state index in [0.717, 1.165) is 26.2 Å². The standard InChI is InChI=1S/C18H27N3O.2ClH/c19-13-17(22)20-11-12-21(14-16-7-3-1-4-8-16)18(15-20)9-5-2-6-10-18;;/h1,3-4,7-8H,2,5-6,9-15,19H2;2*1H. The molecule has 0 atom stereocenters. The predicted molar refractivity (Wildman–Crippen MR) is 103 cm³/mol. The van der Waals surface area contributed by atoms with Crippen molar-refractivity contribution in [1.82, 2.24) is 9.80 Å². The summed E-state index contributed by atoms with van der Waals surface area (Å²) >= 11 is 0. The van der Waals surface area contributed by atoms with Crippen molar-refractivity contribution in [3.8, 4) is 0 Å². The highest BCUT2D eigenvalue weighted by molar-refractivity contribution is 5.85. The van der Waals surface area contributed by atoms with Crippen molar-refractivity contribution in [1.29, 1.82) is 0 Å². The van der Waals surface area contributed by atoms with Crippen molar-refractivity contribution in [3.63, 3.8) is 0 Å². The lowest BCUT2D eigenvalue weighted by Gasteiger charge is -2.53. The molecule has 3 rings (SSSR count). The van der Waals surface area contributed by atoms with Crippen molar-refractivity contribution in [2.24, 2.45) is 5.73 Å². The van der Waals surface area contributed by atoms with Crippen molar-refractivity contribution in [2.45, 2.75) is 44.2 Å². The number of hydrogen-bond donors (Lipinski definition) is 1. The highest BCUT2D eigenvalue weighted by Crippen LogP contribution is 2.37. The van der Waals surface area contributed by atoms with Gasteiger partial charge in [0.05, 0.1) is 6.54 Å². The summed E-state index contributed by atoms with van der Waals surface area (Å²) in [6, 6.07) is 10.7. The first-order valence-corrected chi connectivity index (χ1v) is 8.50. The van der Waals surface area contributed by atoms with E-state index < -0.39 is 0 Å². The van der Waals surface area contributed by atoms with Gasteiger partial charge in [-0.15, -0.1) is 24.8 Å². The molecule has 6 heteroatoms. The van der Waals surface area contributed by atoms with Crippen LogP contribution in [0.25, 0.3) is 0 Å². The highest BCUT2D eigenvalue weighted by atomic mass is 35.5. The molecular formula is C18H29Cl2N3O. The van der Waals surface area contributed by atoms with Gasteiger partial charge < -0.3 is 10.6 Å². The third kappa shape index (κ3) is 4.63. The third-order valence-electron chi connectivity index (χ3n) is 5.32. The van der Waals surface area contributed by atoms with Crippen LogP contribution >= 0.6 is 24.8 Å². The summed E-state index contributed by atoms with van der Waals surface area (Å²) in [4.78, 5) is 16.7. The fourth-order valence-corrected chi connectivity index (χ4v) is 4.09. The zero-order valence-electron chi connectivity index (χ0n) is 14.2. The Balaban J connectivity index is 0.00000144. The van der Waals surface area contributed by atoms with Crippen LogP contribution in [0, 0.1) is 0 Å². The van der Waals surface area contributed by atoms with E-state index in [1.165, 1.54) is 37.7 Å². The van der Waals surface area contributed by atoms with Gasteiger partial charge in [-0.2, -0.15) is 0 Å². The molecule has 1 saturated carbocycles. The van der Waals surface area contributed by atoms with Crippen LogP contribution in [0.3, 0.4) is 0 Å². The number of carbonyl (C=O) groups is 1. The molecule has 1 aliphatic heterocycles. The second-order valence-electron chi connectivity index (χ2n) is 6.71. The van der Waals surface area contributed by atoms with Gasteiger partial charge in [0, 0.05) is 31.7 Å². The van der Waals surface area contributed by atoms with Crippen LogP contribution in [0.4, 0.5) is 0 Å². The van der Waals surface area contributed by atoms with Gasteiger partial charge >= 0.3 is 0 Å². The number of amides is 1. The summed E-state index contributed by atoms with van der Waals surface area (Å²) in [5, 5.41) is 0. The molecule has 1 amide bonds. The second-order valence-corrected chi connectivity index (χ2v) is 6.71. The van der Waals surface area contributed by atoms with E-state index >= 15 is 0 Å². The Bertz CT molecular complexity index is 506. The average Bonchev–Trinajstić information content (AvgIpc) is 2.58. The first-order chi connectivity index (χ1) is 10.7. The zero-order valence-corrected chi connectivity index (χ0v) is 15.8. The Labute approximate surface area is 157 Å². The van der Waals surface area contributed by atoms with Gasteiger partial charge in [0.25, 0.3) is 0 Å². The second kappa shape index (κ2) is 9.62. The predicted octanol–water partition coefficient (Wildman–Crippen LogP) is 2.84. The van der Waals surface area contributed by atoms with Crippen LogP contribution in [0.5, 0.6) is 0 Å². The number of piperazine rings is 1. The molecule has 1 heterocycles. The molecule has 136 valence electrons. The highest BCUT2D eigenvalue weighted by Gasteiger charge is 2.43.